The maximum atomic E-state index is 11.3. The molecule has 0 unspecified atom stereocenters. The fourth-order valence-corrected chi connectivity index (χ4v) is 2.73. The Bertz CT molecular complexity index is 881. The molecule has 0 atom stereocenters. The lowest BCUT2D eigenvalue weighted by Crippen LogP contribution is -2.03. The Morgan fingerprint density at radius 2 is 1.95 bits per heavy atom. The average molecular weight is 333 g/mol. The molecule has 1 N–H and O–H groups in total. The van der Waals surface area contributed by atoms with Crippen molar-refractivity contribution in [1.82, 2.24) is 9.97 Å². The van der Waals surface area contributed by atoms with E-state index in [1.807, 2.05) is 6.07 Å². The number of hydrogen-bond acceptors (Lipinski definition) is 3. The molecule has 0 spiro atoms. The average Bonchev–Trinajstić information content (AvgIpc) is 2.48. The van der Waals surface area contributed by atoms with Crippen molar-refractivity contribution in [2.24, 2.45) is 0 Å². The molecule has 2 heterocycles. The highest BCUT2D eigenvalue weighted by Gasteiger charge is 2.12. The van der Waals surface area contributed by atoms with E-state index in [1.165, 1.54) is 0 Å². The molecule has 0 aliphatic carbocycles. The van der Waals surface area contributed by atoms with Crippen LogP contribution in [0.15, 0.2) is 42.6 Å². The smallest absolute Gasteiger partial charge is 0.335 e. The second-order valence-electron chi connectivity index (χ2n) is 4.77. The number of rotatable bonds is 3. The molecule has 0 aliphatic rings. The molecule has 0 saturated carbocycles. The van der Waals surface area contributed by atoms with Crippen LogP contribution < -0.4 is 0 Å². The number of nitrogens with zero attached hydrogens (tertiary/aromatic N) is 2. The number of carboxylic acid groups (broad SMARTS) is 1. The van der Waals surface area contributed by atoms with Crippen molar-refractivity contribution in [2.75, 3.05) is 0 Å². The van der Waals surface area contributed by atoms with Gasteiger partial charge in [0.25, 0.3) is 0 Å². The number of carbonyl (C=O) groups is 1. The van der Waals surface area contributed by atoms with Gasteiger partial charge in [0, 0.05) is 29.1 Å². The predicted octanol–water partition coefficient (Wildman–Crippen LogP) is 4.23. The molecule has 110 valence electrons. The van der Waals surface area contributed by atoms with Gasteiger partial charge in [-0.3, -0.25) is 0 Å². The molecule has 0 bridgehead atoms. The minimum Gasteiger partial charge on any atom is -0.478 e. The van der Waals surface area contributed by atoms with Crippen LogP contribution in [0.1, 0.15) is 21.6 Å². The van der Waals surface area contributed by atoms with Gasteiger partial charge < -0.3 is 5.11 Å². The fraction of sp³-hybridized carbons (Fsp3) is 0.0625. The first-order chi connectivity index (χ1) is 10.5. The van der Waals surface area contributed by atoms with Crippen LogP contribution in [0.3, 0.4) is 0 Å². The van der Waals surface area contributed by atoms with Crippen molar-refractivity contribution >= 4 is 39.9 Å². The second kappa shape index (κ2) is 5.91. The summed E-state index contributed by atoms with van der Waals surface area (Å²) in [5.74, 6) is -0.962. The summed E-state index contributed by atoms with van der Waals surface area (Å²) in [6, 6.07) is 10.3. The maximum absolute atomic E-state index is 11.3. The second-order valence-corrected chi connectivity index (χ2v) is 5.52. The van der Waals surface area contributed by atoms with Crippen LogP contribution in [0.5, 0.6) is 0 Å². The Labute approximate surface area is 136 Å². The molecule has 4 nitrogen and oxygen atoms in total. The molecule has 2 aromatic heterocycles. The van der Waals surface area contributed by atoms with E-state index in [0.717, 1.165) is 10.8 Å². The first-order valence-corrected chi connectivity index (χ1v) is 7.22. The molecular weight excluding hydrogens is 323 g/mol. The van der Waals surface area contributed by atoms with Gasteiger partial charge in [-0.2, -0.15) is 0 Å². The fourth-order valence-electron chi connectivity index (χ4n) is 2.30. The Hall–Kier alpha value is -2.17. The van der Waals surface area contributed by atoms with Gasteiger partial charge in [0.15, 0.2) is 0 Å². The van der Waals surface area contributed by atoms with Crippen molar-refractivity contribution in [3.05, 3.63) is 69.7 Å². The van der Waals surface area contributed by atoms with E-state index in [9.17, 15) is 9.90 Å². The highest BCUT2D eigenvalue weighted by molar-refractivity contribution is 6.35. The van der Waals surface area contributed by atoms with Crippen LogP contribution in [0.4, 0.5) is 0 Å². The standard InChI is InChI=1S/C16H10Cl2N2O2/c17-14-7-13-10(8-19-14)6-11(20-15(13)18)5-9-3-1-2-4-12(9)16(21)22/h1-4,6-8H,5H2,(H,21,22). The van der Waals surface area contributed by atoms with Gasteiger partial charge in [0.05, 0.1) is 5.56 Å². The third-order valence-corrected chi connectivity index (χ3v) is 3.80. The third kappa shape index (κ3) is 2.89. The molecule has 0 aliphatic heterocycles. The van der Waals surface area contributed by atoms with Gasteiger partial charge in [-0.1, -0.05) is 41.4 Å². The third-order valence-electron chi connectivity index (χ3n) is 3.31. The van der Waals surface area contributed by atoms with Gasteiger partial charge in [-0.15, -0.1) is 0 Å². The lowest BCUT2D eigenvalue weighted by atomic mass is 10.0. The van der Waals surface area contributed by atoms with E-state index in [2.05, 4.69) is 9.97 Å². The Balaban J connectivity index is 2.05. The molecule has 0 fully saturated rings. The molecule has 0 amide bonds. The molecule has 6 heteroatoms. The minimum absolute atomic E-state index is 0.259. The summed E-state index contributed by atoms with van der Waals surface area (Å²) in [5.41, 5.74) is 1.62. The Morgan fingerprint density at radius 1 is 1.18 bits per heavy atom. The number of hydrogen-bond donors (Lipinski definition) is 1. The van der Waals surface area contributed by atoms with Crippen molar-refractivity contribution in [3.8, 4) is 0 Å². The highest BCUT2D eigenvalue weighted by Crippen LogP contribution is 2.25. The number of carboxylic acids is 1. The largest absolute Gasteiger partial charge is 0.478 e. The molecule has 1 aromatic carbocycles. The van der Waals surface area contributed by atoms with Crippen LogP contribution in [-0.2, 0) is 6.42 Å². The molecule has 0 saturated heterocycles. The molecule has 22 heavy (non-hydrogen) atoms. The lowest BCUT2D eigenvalue weighted by Gasteiger charge is -2.08. The van der Waals surface area contributed by atoms with Crippen LogP contribution in [0.25, 0.3) is 10.8 Å². The summed E-state index contributed by atoms with van der Waals surface area (Å²) in [7, 11) is 0. The van der Waals surface area contributed by atoms with Crippen molar-refractivity contribution in [2.45, 2.75) is 6.42 Å². The molecular formula is C16H10Cl2N2O2. The first-order valence-electron chi connectivity index (χ1n) is 6.46. The zero-order valence-electron chi connectivity index (χ0n) is 11.3. The normalized spacial score (nSPS) is 10.8. The number of fused-ring (bicyclic) bond motifs is 1. The van der Waals surface area contributed by atoms with Gasteiger partial charge in [-0.05, 0) is 23.8 Å². The summed E-state index contributed by atoms with van der Waals surface area (Å²) < 4.78 is 0. The van der Waals surface area contributed by atoms with Crippen molar-refractivity contribution in [1.29, 1.82) is 0 Å². The molecule has 0 radical (unpaired) electrons. The monoisotopic (exact) mass is 332 g/mol. The van der Waals surface area contributed by atoms with Crippen LogP contribution in [0, 0.1) is 0 Å². The van der Waals surface area contributed by atoms with Gasteiger partial charge in [-0.25, -0.2) is 14.8 Å². The van der Waals surface area contributed by atoms with Crippen molar-refractivity contribution in [3.63, 3.8) is 0 Å². The van der Waals surface area contributed by atoms with E-state index in [0.29, 0.717) is 28.0 Å². The maximum Gasteiger partial charge on any atom is 0.335 e. The van der Waals surface area contributed by atoms with Gasteiger partial charge in [0.2, 0.25) is 0 Å². The zero-order valence-corrected chi connectivity index (χ0v) is 12.8. The Morgan fingerprint density at radius 3 is 2.73 bits per heavy atom. The van der Waals surface area contributed by atoms with E-state index < -0.39 is 5.97 Å². The number of aromatic nitrogens is 2. The predicted molar refractivity (Wildman–Crippen MR) is 85.8 cm³/mol. The lowest BCUT2D eigenvalue weighted by molar-refractivity contribution is 0.0696. The van der Waals surface area contributed by atoms with Crippen LogP contribution >= 0.6 is 23.2 Å². The molecule has 3 rings (SSSR count). The van der Waals surface area contributed by atoms with E-state index >= 15 is 0 Å². The summed E-state index contributed by atoms with van der Waals surface area (Å²) in [5, 5.41) is 11.4. The number of benzene rings is 1. The quantitative estimate of drug-likeness (QED) is 0.729. The summed E-state index contributed by atoms with van der Waals surface area (Å²) in [6.07, 6.45) is 2.00. The van der Waals surface area contributed by atoms with Crippen LogP contribution in [0.2, 0.25) is 10.3 Å². The highest BCUT2D eigenvalue weighted by atomic mass is 35.5. The van der Waals surface area contributed by atoms with E-state index in [4.69, 9.17) is 23.2 Å². The number of aromatic carboxylic acids is 1. The topological polar surface area (TPSA) is 63.1 Å². The van der Waals surface area contributed by atoms with E-state index in [-0.39, 0.29) is 5.56 Å². The van der Waals surface area contributed by atoms with Gasteiger partial charge >= 0.3 is 5.97 Å². The summed E-state index contributed by atoms with van der Waals surface area (Å²) in [4.78, 5) is 19.6. The minimum atomic E-state index is -0.962. The number of halogens is 2. The van der Waals surface area contributed by atoms with E-state index in [1.54, 1.807) is 36.5 Å². The van der Waals surface area contributed by atoms with Crippen LogP contribution in [-0.4, -0.2) is 21.0 Å². The summed E-state index contributed by atoms with van der Waals surface area (Å²) in [6.45, 7) is 0. The summed E-state index contributed by atoms with van der Waals surface area (Å²) >= 11 is 12.0. The van der Waals surface area contributed by atoms with Gasteiger partial charge in [0.1, 0.15) is 10.3 Å². The first kappa shape index (κ1) is 14.8. The molecule has 3 aromatic rings. The number of pyridine rings is 2. The van der Waals surface area contributed by atoms with Crippen molar-refractivity contribution < 1.29 is 9.90 Å². The zero-order chi connectivity index (χ0) is 15.7. The SMILES string of the molecule is O=C(O)c1ccccc1Cc1cc2cnc(Cl)cc2c(Cl)n1. The Kier molecular flexibility index (Phi) is 3.96.